The number of urea groups is 1. The molecule has 7 heteroatoms. The van der Waals surface area contributed by atoms with Gasteiger partial charge in [-0.1, -0.05) is 66.4 Å². The van der Waals surface area contributed by atoms with Crippen molar-refractivity contribution >= 4 is 23.5 Å². The number of benzene rings is 2. The lowest BCUT2D eigenvalue weighted by molar-refractivity contribution is -0.167. The Balaban J connectivity index is 2.05. The molecule has 1 atom stereocenters. The monoisotopic (exact) mass is 364 g/mol. The maximum Gasteiger partial charge on any atom is 0.425 e. The normalized spacial score (nSPS) is 21.2. The summed E-state index contributed by atoms with van der Waals surface area (Å²) in [6.07, 6.45) is -4.70. The highest BCUT2D eigenvalue weighted by molar-refractivity contribution is 8.04. The highest BCUT2D eigenvalue weighted by atomic mass is 32.2. The highest BCUT2D eigenvalue weighted by Crippen LogP contribution is 2.53. The van der Waals surface area contributed by atoms with E-state index in [1.807, 2.05) is 0 Å². The van der Waals surface area contributed by atoms with Crippen LogP contribution < -0.4 is 10.2 Å². The van der Waals surface area contributed by atoms with E-state index in [1.54, 1.807) is 49.4 Å². The van der Waals surface area contributed by atoms with Crippen LogP contribution in [-0.4, -0.2) is 12.2 Å². The Kier molecular flexibility index (Phi) is 4.28. The number of rotatable bonds is 2. The van der Waals surface area contributed by atoms with Gasteiger partial charge in [-0.15, -0.1) is 0 Å². The van der Waals surface area contributed by atoms with Crippen molar-refractivity contribution < 1.29 is 18.0 Å². The minimum absolute atomic E-state index is 0.00727. The molecule has 2 aromatic carbocycles. The van der Waals surface area contributed by atoms with Crippen LogP contribution in [0.3, 0.4) is 0 Å². The maximum absolute atomic E-state index is 14.0. The average molecular weight is 364 g/mol. The van der Waals surface area contributed by atoms with E-state index in [1.165, 1.54) is 12.1 Å². The first-order valence-corrected chi connectivity index (χ1v) is 8.25. The highest BCUT2D eigenvalue weighted by Gasteiger charge is 2.61. The van der Waals surface area contributed by atoms with Gasteiger partial charge in [0.25, 0.3) is 0 Å². The van der Waals surface area contributed by atoms with E-state index >= 15 is 0 Å². The largest absolute Gasteiger partial charge is 0.425 e. The summed E-state index contributed by atoms with van der Waals surface area (Å²) < 4.78 is 41.9. The van der Waals surface area contributed by atoms with E-state index < -0.39 is 17.1 Å². The molecule has 3 rings (SSSR count). The lowest BCUT2D eigenvalue weighted by Crippen LogP contribution is -2.60. The van der Waals surface area contributed by atoms with Crippen LogP contribution in [-0.2, 0) is 4.87 Å². The molecule has 25 heavy (non-hydrogen) atoms. The molecule has 130 valence electrons. The lowest BCUT2D eigenvalue weighted by atomic mass is 10.0. The number of carbonyl (C=O) groups is 1. The van der Waals surface area contributed by atoms with Crippen LogP contribution in [0.2, 0.25) is 0 Å². The van der Waals surface area contributed by atoms with Crippen molar-refractivity contribution in [1.29, 1.82) is 0 Å². The second-order valence-corrected chi connectivity index (χ2v) is 6.93. The topological polar surface area (TPSA) is 32.3 Å². The van der Waals surface area contributed by atoms with Crippen LogP contribution in [0.5, 0.6) is 0 Å². The fraction of sp³-hybridized carbons (Fsp3) is 0.167. The average Bonchev–Trinajstić information content (AvgIpc) is 2.54. The van der Waals surface area contributed by atoms with E-state index in [0.717, 1.165) is 10.5 Å². The molecule has 2 aromatic rings. The van der Waals surface area contributed by atoms with E-state index in [4.69, 9.17) is 0 Å². The zero-order valence-electron chi connectivity index (χ0n) is 13.3. The molecule has 1 aliphatic heterocycles. The van der Waals surface area contributed by atoms with Gasteiger partial charge >= 0.3 is 12.2 Å². The maximum atomic E-state index is 14.0. The Labute approximate surface area is 147 Å². The third-order valence-corrected chi connectivity index (χ3v) is 5.17. The van der Waals surface area contributed by atoms with Gasteiger partial charge in [-0.2, -0.15) is 13.2 Å². The van der Waals surface area contributed by atoms with Crippen molar-refractivity contribution in [2.75, 3.05) is 4.90 Å². The van der Waals surface area contributed by atoms with Crippen molar-refractivity contribution in [2.24, 2.45) is 0 Å². The fourth-order valence-electron chi connectivity index (χ4n) is 2.62. The second-order valence-electron chi connectivity index (χ2n) is 5.64. The van der Waals surface area contributed by atoms with Crippen LogP contribution >= 0.6 is 11.8 Å². The Hall–Kier alpha value is -2.41. The third kappa shape index (κ3) is 3.00. The minimum Gasteiger partial charge on any atom is -0.311 e. The van der Waals surface area contributed by atoms with Gasteiger partial charge in [-0.05, 0) is 24.6 Å². The van der Waals surface area contributed by atoms with Crippen LogP contribution in [0.25, 0.3) is 0 Å². The van der Waals surface area contributed by atoms with E-state index in [-0.39, 0.29) is 10.6 Å². The Bertz CT molecular complexity index is 785. The fourth-order valence-corrected chi connectivity index (χ4v) is 3.76. The van der Waals surface area contributed by atoms with Gasteiger partial charge < -0.3 is 5.32 Å². The molecule has 0 aliphatic carbocycles. The number of hydrogen-bond donors (Lipinski definition) is 1. The first kappa shape index (κ1) is 17.4. The predicted octanol–water partition coefficient (Wildman–Crippen LogP) is 5.14. The number of para-hydroxylation sites is 1. The van der Waals surface area contributed by atoms with Crippen molar-refractivity contribution in [3.63, 3.8) is 0 Å². The zero-order chi connectivity index (χ0) is 18.2. The predicted molar refractivity (Wildman–Crippen MR) is 93.1 cm³/mol. The van der Waals surface area contributed by atoms with Crippen molar-refractivity contribution in [2.45, 2.75) is 18.0 Å². The SMILES string of the molecule is C=C1SC(c2ccc(C)cc2)(C(F)(F)F)NC(=O)N1c1ccccc1. The number of aryl methyl sites for hydroxylation is 1. The molecule has 1 aliphatic rings. The minimum atomic E-state index is -4.70. The Morgan fingerprint density at radius 2 is 1.68 bits per heavy atom. The van der Waals surface area contributed by atoms with Crippen LogP contribution in [0.15, 0.2) is 66.2 Å². The molecule has 3 nitrogen and oxygen atoms in total. The molecule has 2 amide bonds. The number of nitrogens with zero attached hydrogens (tertiary/aromatic N) is 1. The third-order valence-electron chi connectivity index (χ3n) is 3.88. The summed E-state index contributed by atoms with van der Waals surface area (Å²) in [6.45, 7) is 5.49. The van der Waals surface area contributed by atoms with Crippen molar-refractivity contribution in [1.82, 2.24) is 5.32 Å². The standard InChI is InChI=1S/C18H15F3N2OS/c1-12-8-10-14(11-9-12)17(18(19,20)21)22-16(24)23(13(2)25-17)15-6-4-3-5-7-15/h3-11H,2H2,1H3,(H,22,24). The number of nitrogens with one attached hydrogen (secondary N) is 1. The van der Waals surface area contributed by atoms with Gasteiger partial charge in [0, 0.05) is 0 Å². The number of anilines is 1. The van der Waals surface area contributed by atoms with Crippen LogP contribution in [0, 0.1) is 6.92 Å². The van der Waals surface area contributed by atoms with Gasteiger partial charge in [0.15, 0.2) is 0 Å². The Morgan fingerprint density at radius 3 is 2.20 bits per heavy atom. The molecular weight excluding hydrogens is 349 g/mol. The molecule has 1 saturated heterocycles. The number of hydrogen-bond acceptors (Lipinski definition) is 2. The molecule has 1 heterocycles. The molecule has 1 N–H and O–H groups in total. The number of carbonyl (C=O) groups excluding carboxylic acids is 1. The number of alkyl halides is 3. The van der Waals surface area contributed by atoms with E-state index in [9.17, 15) is 18.0 Å². The van der Waals surface area contributed by atoms with Gasteiger partial charge in [0.05, 0.1) is 10.7 Å². The molecule has 1 unspecified atom stereocenters. The summed E-state index contributed by atoms with van der Waals surface area (Å²) in [4.78, 5) is 11.1. The summed E-state index contributed by atoms with van der Waals surface area (Å²) >= 11 is 0.481. The van der Waals surface area contributed by atoms with Gasteiger partial charge in [0.1, 0.15) is 0 Å². The summed E-state index contributed by atoms with van der Waals surface area (Å²) in [5.41, 5.74) is 1.24. The second kappa shape index (κ2) is 6.15. The van der Waals surface area contributed by atoms with Crippen LogP contribution in [0.4, 0.5) is 23.7 Å². The van der Waals surface area contributed by atoms with E-state index in [0.29, 0.717) is 17.4 Å². The first-order valence-electron chi connectivity index (χ1n) is 7.44. The van der Waals surface area contributed by atoms with Gasteiger partial charge in [0.2, 0.25) is 4.87 Å². The molecule has 1 fully saturated rings. The summed E-state index contributed by atoms with van der Waals surface area (Å²) in [5, 5.41) is 2.16. The van der Waals surface area contributed by atoms with Gasteiger partial charge in [-0.25, -0.2) is 4.79 Å². The molecular formula is C18H15F3N2OS. The van der Waals surface area contributed by atoms with Gasteiger partial charge in [-0.3, -0.25) is 4.90 Å². The van der Waals surface area contributed by atoms with Crippen LogP contribution in [0.1, 0.15) is 11.1 Å². The first-order chi connectivity index (χ1) is 11.7. The summed E-state index contributed by atoms with van der Waals surface area (Å²) in [6, 6.07) is 13.5. The quantitative estimate of drug-likeness (QED) is 0.800. The smallest absolute Gasteiger partial charge is 0.311 e. The summed E-state index contributed by atoms with van der Waals surface area (Å²) in [5.74, 6) is 0. The number of halogens is 3. The molecule has 0 saturated carbocycles. The molecule has 0 bridgehead atoms. The van der Waals surface area contributed by atoms with E-state index in [2.05, 4.69) is 11.9 Å². The zero-order valence-corrected chi connectivity index (χ0v) is 14.1. The lowest BCUT2D eigenvalue weighted by Gasteiger charge is -2.43. The number of amides is 2. The molecule has 0 radical (unpaired) electrons. The Morgan fingerprint density at radius 1 is 1.08 bits per heavy atom. The molecule has 0 aromatic heterocycles. The van der Waals surface area contributed by atoms with Crippen molar-refractivity contribution in [3.05, 3.63) is 77.3 Å². The number of thioether (sulfide) groups is 1. The summed E-state index contributed by atoms with van der Waals surface area (Å²) in [7, 11) is 0. The molecule has 0 spiro atoms. The van der Waals surface area contributed by atoms with Crippen molar-refractivity contribution in [3.8, 4) is 0 Å².